The standard InChI is InChI=1S/C17H23N/c1-16(2)12-13-8-6-7-11-17(13,18-3)15-10-5-4-9-14(15)16/h4-7,9-10,13,18H,8,11-12H2,1-3H3. The minimum absolute atomic E-state index is 0.168. The molecule has 0 radical (unpaired) electrons. The second-order valence-electron chi connectivity index (χ2n) is 6.46. The van der Waals surface area contributed by atoms with Crippen molar-refractivity contribution in [2.24, 2.45) is 5.92 Å². The lowest BCUT2D eigenvalue weighted by molar-refractivity contribution is 0.148. The van der Waals surface area contributed by atoms with Crippen LogP contribution in [0.2, 0.25) is 0 Å². The van der Waals surface area contributed by atoms with E-state index in [1.165, 1.54) is 24.0 Å². The highest BCUT2D eigenvalue weighted by atomic mass is 15.0. The zero-order valence-electron chi connectivity index (χ0n) is 11.7. The predicted octanol–water partition coefficient (Wildman–Crippen LogP) is 3.75. The topological polar surface area (TPSA) is 12.0 Å². The Morgan fingerprint density at radius 1 is 1.11 bits per heavy atom. The molecule has 0 amide bonds. The molecule has 2 unspecified atom stereocenters. The lowest BCUT2D eigenvalue weighted by atomic mass is 9.57. The number of hydrogen-bond acceptors (Lipinski definition) is 1. The van der Waals surface area contributed by atoms with Gasteiger partial charge in [0, 0.05) is 0 Å². The molecule has 96 valence electrons. The fourth-order valence-corrected chi connectivity index (χ4v) is 4.11. The minimum Gasteiger partial charge on any atom is -0.310 e. The summed E-state index contributed by atoms with van der Waals surface area (Å²) in [5.41, 5.74) is 3.53. The first-order valence-electron chi connectivity index (χ1n) is 7.04. The van der Waals surface area contributed by atoms with Crippen LogP contribution >= 0.6 is 0 Å². The number of rotatable bonds is 1. The van der Waals surface area contributed by atoms with Crippen LogP contribution in [0.3, 0.4) is 0 Å². The lowest BCUT2D eigenvalue weighted by Gasteiger charge is -2.52. The van der Waals surface area contributed by atoms with E-state index in [2.05, 4.69) is 62.6 Å². The Morgan fingerprint density at radius 3 is 2.56 bits per heavy atom. The molecule has 2 aliphatic rings. The Balaban J connectivity index is 2.22. The maximum Gasteiger partial charge on any atom is 0.0501 e. The summed E-state index contributed by atoms with van der Waals surface area (Å²) in [7, 11) is 2.13. The van der Waals surface area contributed by atoms with Gasteiger partial charge < -0.3 is 5.32 Å². The van der Waals surface area contributed by atoms with E-state index in [9.17, 15) is 0 Å². The SMILES string of the molecule is CNC12CC=CCC1CC(C)(C)c1ccccc12. The fourth-order valence-electron chi connectivity index (χ4n) is 4.11. The van der Waals surface area contributed by atoms with Crippen LogP contribution in [-0.2, 0) is 11.0 Å². The fraction of sp³-hybridized carbons (Fsp3) is 0.529. The summed E-state index contributed by atoms with van der Waals surface area (Å²) >= 11 is 0. The van der Waals surface area contributed by atoms with Crippen LogP contribution in [0.5, 0.6) is 0 Å². The highest BCUT2D eigenvalue weighted by Crippen LogP contribution is 2.52. The average Bonchev–Trinajstić information content (AvgIpc) is 2.39. The van der Waals surface area contributed by atoms with Crippen molar-refractivity contribution in [1.82, 2.24) is 5.32 Å². The first kappa shape index (κ1) is 12.0. The van der Waals surface area contributed by atoms with Gasteiger partial charge in [0.25, 0.3) is 0 Å². The van der Waals surface area contributed by atoms with E-state index in [4.69, 9.17) is 0 Å². The lowest BCUT2D eigenvalue weighted by Crippen LogP contribution is -2.53. The van der Waals surface area contributed by atoms with Crippen molar-refractivity contribution >= 4 is 0 Å². The maximum absolute atomic E-state index is 3.66. The van der Waals surface area contributed by atoms with Crippen molar-refractivity contribution in [2.45, 2.75) is 44.1 Å². The van der Waals surface area contributed by atoms with Gasteiger partial charge in [0.05, 0.1) is 5.54 Å². The second kappa shape index (κ2) is 3.96. The quantitative estimate of drug-likeness (QED) is 0.738. The molecule has 18 heavy (non-hydrogen) atoms. The number of fused-ring (bicyclic) bond motifs is 3. The molecule has 1 nitrogen and oxygen atoms in total. The van der Waals surface area contributed by atoms with Crippen molar-refractivity contribution < 1.29 is 0 Å². The molecule has 0 saturated heterocycles. The smallest absolute Gasteiger partial charge is 0.0501 e. The highest BCUT2D eigenvalue weighted by molar-refractivity contribution is 5.43. The summed E-state index contributed by atoms with van der Waals surface area (Å²) in [6.45, 7) is 4.79. The molecule has 0 heterocycles. The van der Waals surface area contributed by atoms with Gasteiger partial charge >= 0.3 is 0 Å². The molecule has 0 spiro atoms. The van der Waals surface area contributed by atoms with E-state index < -0.39 is 0 Å². The van der Waals surface area contributed by atoms with Crippen molar-refractivity contribution in [3.8, 4) is 0 Å². The van der Waals surface area contributed by atoms with Gasteiger partial charge in [-0.3, -0.25) is 0 Å². The van der Waals surface area contributed by atoms with Gasteiger partial charge in [-0.1, -0.05) is 50.3 Å². The summed E-state index contributed by atoms with van der Waals surface area (Å²) in [5.74, 6) is 0.720. The van der Waals surface area contributed by atoms with Crippen LogP contribution in [0.15, 0.2) is 36.4 Å². The molecule has 0 bridgehead atoms. The van der Waals surface area contributed by atoms with Gasteiger partial charge in [-0.2, -0.15) is 0 Å². The third-order valence-corrected chi connectivity index (χ3v) is 5.06. The Labute approximate surface area is 110 Å². The van der Waals surface area contributed by atoms with Crippen LogP contribution < -0.4 is 5.32 Å². The molecular formula is C17H23N. The summed E-state index contributed by atoms with van der Waals surface area (Å²) in [6.07, 6.45) is 8.32. The van der Waals surface area contributed by atoms with E-state index in [-0.39, 0.29) is 5.54 Å². The molecule has 1 N–H and O–H groups in total. The van der Waals surface area contributed by atoms with Gasteiger partial charge in [0.2, 0.25) is 0 Å². The van der Waals surface area contributed by atoms with Gasteiger partial charge in [-0.05, 0) is 48.8 Å². The molecule has 0 saturated carbocycles. The normalized spacial score (nSPS) is 32.7. The third kappa shape index (κ3) is 1.50. The molecular weight excluding hydrogens is 218 g/mol. The Bertz CT molecular complexity index is 486. The number of benzene rings is 1. The molecule has 1 heteroatoms. The van der Waals surface area contributed by atoms with Gasteiger partial charge in [-0.15, -0.1) is 0 Å². The van der Waals surface area contributed by atoms with E-state index in [1.54, 1.807) is 0 Å². The van der Waals surface area contributed by atoms with Crippen LogP contribution in [0.25, 0.3) is 0 Å². The summed E-state index contributed by atoms with van der Waals surface area (Å²) in [4.78, 5) is 0. The maximum atomic E-state index is 3.66. The molecule has 0 aliphatic heterocycles. The summed E-state index contributed by atoms with van der Waals surface area (Å²) in [5, 5.41) is 3.66. The van der Waals surface area contributed by atoms with Gasteiger partial charge in [-0.25, -0.2) is 0 Å². The first-order valence-corrected chi connectivity index (χ1v) is 7.04. The Morgan fingerprint density at radius 2 is 1.83 bits per heavy atom. The summed E-state index contributed by atoms with van der Waals surface area (Å²) in [6, 6.07) is 9.03. The number of allylic oxidation sites excluding steroid dienone is 1. The molecule has 0 fully saturated rings. The third-order valence-electron chi connectivity index (χ3n) is 5.06. The largest absolute Gasteiger partial charge is 0.310 e. The monoisotopic (exact) mass is 241 g/mol. The van der Waals surface area contributed by atoms with E-state index in [1.807, 2.05) is 0 Å². The molecule has 2 atom stereocenters. The summed E-state index contributed by atoms with van der Waals surface area (Å²) < 4.78 is 0. The van der Waals surface area contributed by atoms with Crippen LogP contribution in [-0.4, -0.2) is 7.05 Å². The van der Waals surface area contributed by atoms with Crippen LogP contribution in [0.4, 0.5) is 0 Å². The number of nitrogens with one attached hydrogen (secondary N) is 1. The van der Waals surface area contributed by atoms with E-state index in [0.717, 1.165) is 12.3 Å². The van der Waals surface area contributed by atoms with Crippen LogP contribution in [0.1, 0.15) is 44.2 Å². The predicted molar refractivity (Wildman–Crippen MR) is 76.7 cm³/mol. The zero-order valence-corrected chi connectivity index (χ0v) is 11.7. The van der Waals surface area contributed by atoms with Gasteiger partial charge in [0.1, 0.15) is 0 Å². The zero-order chi connectivity index (χ0) is 12.8. The molecule has 1 aromatic carbocycles. The molecule has 0 aromatic heterocycles. The highest BCUT2D eigenvalue weighted by Gasteiger charge is 2.48. The minimum atomic E-state index is 0.168. The first-order chi connectivity index (χ1) is 8.60. The van der Waals surface area contributed by atoms with Gasteiger partial charge in [0.15, 0.2) is 0 Å². The van der Waals surface area contributed by atoms with Crippen molar-refractivity contribution in [1.29, 1.82) is 0 Å². The number of hydrogen-bond donors (Lipinski definition) is 1. The molecule has 3 rings (SSSR count). The van der Waals surface area contributed by atoms with Crippen molar-refractivity contribution in [3.05, 3.63) is 47.5 Å². The van der Waals surface area contributed by atoms with E-state index in [0.29, 0.717) is 5.41 Å². The molecule has 2 aliphatic carbocycles. The van der Waals surface area contributed by atoms with E-state index >= 15 is 0 Å². The Hall–Kier alpha value is -1.08. The van der Waals surface area contributed by atoms with Crippen molar-refractivity contribution in [2.75, 3.05) is 7.05 Å². The Kier molecular flexibility index (Phi) is 2.63. The van der Waals surface area contributed by atoms with Crippen LogP contribution in [0, 0.1) is 5.92 Å². The molecule has 1 aromatic rings. The second-order valence-corrected chi connectivity index (χ2v) is 6.46. The van der Waals surface area contributed by atoms with Crippen molar-refractivity contribution in [3.63, 3.8) is 0 Å². The average molecular weight is 241 g/mol.